The lowest BCUT2D eigenvalue weighted by Gasteiger charge is -2.23. The molecule has 1 aliphatic rings. The van der Waals surface area contributed by atoms with Crippen LogP contribution in [0.2, 0.25) is 0 Å². The summed E-state index contributed by atoms with van der Waals surface area (Å²) in [5.74, 6) is 0.530. The number of ether oxygens (including phenoxy) is 1. The van der Waals surface area contributed by atoms with Gasteiger partial charge in [-0.2, -0.15) is 0 Å². The molecule has 0 radical (unpaired) electrons. The fourth-order valence-electron chi connectivity index (χ4n) is 3.49. The molecular weight excluding hydrogens is 426 g/mol. The number of nitrogens with one attached hydrogen (secondary N) is 1. The van der Waals surface area contributed by atoms with E-state index in [1.54, 1.807) is 11.1 Å². The average Bonchev–Trinajstić information content (AvgIpc) is 2.83. The summed E-state index contributed by atoms with van der Waals surface area (Å²) in [4.78, 5) is 38.0. The Balaban J connectivity index is 1.76. The van der Waals surface area contributed by atoms with Crippen LogP contribution in [0.1, 0.15) is 43.6 Å². The van der Waals surface area contributed by atoms with Crippen LogP contribution < -0.4 is 15.1 Å². The maximum absolute atomic E-state index is 13.3. The highest BCUT2D eigenvalue weighted by Gasteiger charge is 2.28. The normalized spacial score (nSPS) is 15.1. The second-order valence-electron chi connectivity index (χ2n) is 8.94. The summed E-state index contributed by atoms with van der Waals surface area (Å²) in [5.41, 5.74) is 1.92. The molecule has 9 heteroatoms. The van der Waals surface area contributed by atoms with Crippen molar-refractivity contribution >= 4 is 35.3 Å². The van der Waals surface area contributed by atoms with Crippen molar-refractivity contribution in [2.24, 2.45) is 0 Å². The molecule has 0 spiro atoms. The number of anilines is 2. The molecule has 0 saturated heterocycles. The van der Waals surface area contributed by atoms with E-state index < -0.39 is 6.09 Å². The van der Waals surface area contributed by atoms with Crippen LogP contribution in [0.5, 0.6) is 0 Å². The van der Waals surface area contributed by atoms with E-state index in [4.69, 9.17) is 4.74 Å². The molecule has 0 aliphatic carbocycles. The van der Waals surface area contributed by atoms with E-state index in [9.17, 15) is 9.59 Å². The molecule has 32 heavy (non-hydrogen) atoms. The number of likely N-dealkylation sites (N-methyl/N-ethyl adjacent to an activating group) is 1. The van der Waals surface area contributed by atoms with Crippen LogP contribution in [0.4, 0.5) is 16.3 Å². The van der Waals surface area contributed by atoms with Crippen LogP contribution in [-0.2, 0) is 11.2 Å². The molecule has 1 N–H and O–H groups in total. The van der Waals surface area contributed by atoms with Gasteiger partial charge < -0.3 is 19.9 Å². The number of rotatable bonds is 5. The van der Waals surface area contributed by atoms with Crippen molar-refractivity contribution < 1.29 is 14.3 Å². The second kappa shape index (κ2) is 9.77. The number of aromatic nitrogens is 2. The Hall–Kier alpha value is -2.81. The van der Waals surface area contributed by atoms with E-state index in [1.807, 2.05) is 70.2 Å². The minimum absolute atomic E-state index is 0.122. The number of amides is 2. The van der Waals surface area contributed by atoms with Gasteiger partial charge in [0.1, 0.15) is 17.5 Å². The number of nitrogens with zero attached hydrogens (tertiary/aromatic N) is 4. The Kier molecular flexibility index (Phi) is 7.28. The fourth-order valence-corrected chi connectivity index (χ4v) is 3.83. The number of hydrogen-bond acceptors (Lipinski definition) is 7. The van der Waals surface area contributed by atoms with Crippen LogP contribution in [0, 0.1) is 0 Å². The molecule has 0 bridgehead atoms. The molecule has 2 heterocycles. The first-order valence-electron chi connectivity index (χ1n) is 10.6. The quantitative estimate of drug-likeness (QED) is 0.540. The van der Waals surface area contributed by atoms with Crippen molar-refractivity contribution in [3.05, 3.63) is 41.6 Å². The van der Waals surface area contributed by atoms with Gasteiger partial charge in [-0.05, 0) is 51.6 Å². The van der Waals surface area contributed by atoms with Crippen molar-refractivity contribution in [3.63, 3.8) is 0 Å². The van der Waals surface area contributed by atoms with Crippen molar-refractivity contribution in [1.82, 2.24) is 15.3 Å². The van der Waals surface area contributed by atoms with Crippen LogP contribution in [-0.4, -0.2) is 60.0 Å². The number of alkyl carbamates (subject to hydrolysis) is 1. The first kappa shape index (κ1) is 23.8. The molecule has 1 aliphatic heterocycles. The predicted octanol–water partition coefficient (Wildman–Crippen LogP) is 3.75. The first-order chi connectivity index (χ1) is 15.1. The summed E-state index contributed by atoms with van der Waals surface area (Å²) < 4.78 is 5.48. The van der Waals surface area contributed by atoms with E-state index in [1.165, 1.54) is 11.8 Å². The van der Waals surface area contributed by atoms with Crippen molar-refractivity contribution in [3.8, 4) is 0 Å². The van der Waals surface area contributed by atoms with Crippen LogP contribution in [0.25, 0.3) is 0 Å². The Bertz CT molecular complexity index is 992. The van der Waals surface area contributed by atoms with E-state index >= 15 is 0 Å². The molecule has 1 aromatic heterocycles. The summed E-state index contributed by atoms with van der Waals surface area (Å²) in [5, 5.41) is 3.44. The molecule has 1 unspecified atom stereocenters. The van der Waals surface area contributed by atoms with Gasteiger partial charge in [0.25, 0.3) is 5.91 Å². The Labute approximate surface area is 193 Å². The molecule has 1 atom stereocenters. The number of thioether (sulfide) groups is 1. The molecule has 1 aromatic carbocycles. The third-order valence-electron chi connectivity index (χ3n) is 4.96. The highest BCUT2D eigenvalue weighted by atomic mass is 32.2. The van der Waals surface area contributed by atoms with Gasteiger partial charge in [0, 0.05) is 44.0 Å². The zero-order valence-corrected chi connectivity index (χ0v) is 20.3. The monoisotopic (exact) mass is 457 g/mol. The van der Waals surface area contributed by atoms with Gasteiger partial charge in [0.05, 0.1) is 0 Å². The fraction of sp³-hybridized carbons (Fsp3) is 0.478. The van der Waals surface area contributed by atoms with E-state index in [0.717, 1.165) is 11.3 Å². The van der Waals surface area contributed by atoms with E-state index in [2.05, 4.69) is 15.3 Å². The summed E-state index contributed by atoms with van der Waals surface area (Å²) in [6.45, 7) is 8.76. The molecule has 2 aromatic rings. The summed E-state index contributed by atoms with van der Waals surface area (Å²) >= 11 is 1.45. The molecule has 8 nitrogen and oxygen atoms in total. The van der Waals surface area contributed by atoms with Crippen molar-refractivity contribution in [2.45, 2.75) is 50.9 Å². The summed E-state index contributed by atoms with van der Waals surface area (Å²) in [6.07, 6.45) is 3.32. The van der Waals surface area contributed by atoms with Gasteiger partial charge in [-0.15, -0.1) is 0 Å². The summed E-state index contributed by atoms with van der Waals surface area (Å²) in [6, 6.07) is 7.78. The maximum Gasteiger partial charge on any atom is 0.407 e. The SMILES string of the molecule is CSc1ncc2c(n1)N(C)CCN(c1cccc(CC(C)OC(=O)NC(C)(C)C)c1)C2=O. The lowest BCUT2D eigenvalue weighted by Crippen LogP contribution is -2.42. The molecule has 0 saturated carbocycles. The average molecular weight is 458 g/mol. The van der Waals surface area contributed by atoms with Crippen molar-refractivity contribution in [1.29, 1.82) is 0 Å². The lowest BCUT2D eigenvalue weighted by molar-refractivity contribution is 0.0986. The molecule has 3 rings (SSSR count). The minimum Gasteiger partial charge on any atom is -0.446 e. The highest BCUT2D eigenvalue weighted by Crippen LogP contribution is 2.27. The van der Waals surface area contributed by atoms with Crippen molar-refractivity contribution in [2.75, 3.05) is 36.2 Å². The number of carbonyl (C=O) groups excluding carboxylic acids is 2. The van der Waals surface area contributed by atoms with Gasteiger partial charge >= 0.3 is 6.09 Å². The zero-order valence-electron chi connectivity index (χ0n) is 19.5. The van der Waals surface area contributed by atoms with E-state index in [-0.39, 0.29) is 17.6 Å². The minimum atomic E-state index is -0.437. The van der Waals surface area contributed by atoms with Gasteiger partial charge in [-0.1, -0.05) is 23.9 Å². The molecule has 2 amide bonds. The second-order valence-corrected chi connectivity index (χ2v) is 9.71. The molecular formula is C23H31N5O3S. The Morgan fingerprint density at radius 2 is 2.06 bits per heavy atom. The van der Waals surface area contributed by atoms with Crippen LogP contribution in [0.3, 0.4) is 0 Å². The largest absolute Gasteiger partial charge is 0.446 e. The number of benzene rings is 1. The third-order valence-corrected chi connectivity index (χ3v) is 5.52. The smallest absolute Gasteiger partial charge is 0.407 e. The Morgan fingerprint density at radius 3 is 2.75 bits per heavy atom. The number of fused-ring (bicyclic) bond motifs is 1. The summed E-state index contributed by atoms with van der Waals surface area (Å²) in [7, 11) is 1.94. The third kappa shape index (κ3) is 5.91. The molecule has 0 fully saturated rings. The van der Waals surface area contributed by atoms with Crippen LogP contribution in [0.15, 0.2) is 35.6 Å². The molecule has 172 valence electrons. The van der Waals surface area contributed by atoms with Gasteiger partial charge in [0.15, 0.2) is 5.16 Å². The van der Waals surface area contributed by atoms with Gasteiger partial charge in [-0.25, -0.2) is 14.8 Å². The standard InChI is InChI=1S/C23H31N5O3S/c1-15(31-22(30)26-23(2,3)4)12-16-8-7-9-17(13-16)28-11-10-27(5)19-18(20(28)29)14-24-21(25-19)32-6/h7-9,13-15H,10-12H2,1-6H3,(H,26,30). The topological polar surface area (TPSA) is 87.7 Å². The first-order valence-corrected chi connectivity index (χ1v) is 11.8. The number of carbonyl (C=O) groups is 2. The maximum atomic E-state index is 13.3. The zero-order chi connectivity index (χ0) is 23.5. The van der Waals surface area contributed by atoms with Gasteiger partial charge in [-0.3, -0.25) is 4.79 Å². The lowest BCUT2D eigenvalue weighted by atomic mass is 10.1. The van der Waals surface area contributed by atoms with Crippen LogP contribution >= 0.6 is 11.8 Å². The van der Waals surface area contributed by atoms with E-state index in [0.29, 0.717) is 36.0 Å². The number of hydrogen-bond donors (Lipinski definition) is 1. The highest BCUT2D eigenvalue weighted by molar-refractivity contribution is 7.98. The predicted molar refractivity (Wildman–Crippen MR) is 128 cm³/mol. The Morgan fingerprint density at radius 1 is 1.31 bits per heavy atom. The van der Waals surface area contributed by atoms with Gasteiger partial charge in [0.2, 0.25) is 0 Å².